The molecule has 1 unspecified atom stereocenters. The van der Waals surface area contributed by atoms with E-state index in [1.54, 1.807) is 11.6 Å². The van der Waals surface area contributed by atoms with Gasteiger partial charge in [0.2, 0.25) is 11.1 Å². The van der Waals surface area contributed by atoms with Gasteiger partial charge >= 0.3 is 6.03 Å². The summed E-state index contributed by atoms with van der Waals surface area (Å²) in [7, 11) is 0. The van der Waals surface area contributed by atoms with Crippen molar-refractivity contribution < 1.29 is 9.59 Å². The number of carbonyl (C=O) groups is 2. The van der Waals surface area contributed by atoms with E-state index in [0.717, 1.165) is 12.8 Å². The minimum Gasteiger partial charge on any atom is -0.338 e. The summed E-state index contributed by atoms with van der Waals surface area (Å²) in [5, 5.41) is 17.0. The highest BCUT2D eigenvalue weighted by Gasteiger charge is 2.25. The van der Waals surface area contributed by atoms with Crippen molar-refractivity contribution >= 4 is 23.7 Å². The Balaban J connectivity index is 1.86. The first kappa shape index (κ1) is 17.7. The molecule has 1 saturated carbocycles. The van der Waals surface area contributed by atoms with Gasteiger partial charge in [0.05, 0.1) is 11.3 Å². The molecule has 0 spiro atoms. The molecule has 0 aliphatic heterocycles. The van der Waals surface area contributed by atoms with Crippen LogP contribution >= 0.6 is 11.8 Å². The molecule has 3 amide bonds. The maximum Gasteiger partial charge on any atom is 0.321 e. The molecule has 2 rings (SSSR count). The second kappa shape index (κ2) is 8.28. The van der Waals surface area contributed by atoms with E-state index in [9.17, 15) is 9.59 Å². The molecule has 1 heterocycles. The Morgan fingerprint density at radius 1 is 1.30 bits per heavy atom. The Morgan fingerprint density at radius 2 is 2.00 bits per heavy atom. The number of rotatable bonds is 6. The second-order valence-corrected chi connectivity index (χ2v) is 7.51. The van der Waals surface area contributed by atoms with Crippen molar-refractivity contribution in [3.63, 3.8) is 0 Å². The monoisotopic (exact) mass is 340 g/mol. The summed E-state index contributed by atoms with van der Waals surface area (Å²) in [5.41, 5.74) is 0. The number of hydrogen-bond donors (Lipinski definition) is 2. The summed E-state index contributed by atoms with van der Waals surface area (Å²) in [5.74, 6) is -0.0177. The summed E-state index contributed by atoms with van der Waals surface area (Å²) in [4.78, 5) is 23.7. The summed E-state index contributed by atoms with van der Waals surface area (Å²) in [6, 6.07) is -0.149. The molecule has 1 fully saturated rings. The van der Waals surface area contributed by atoms with Crippen LogP contribution in [0.5, 0.6) is 0 Å². The molecule has 2 N–H and O–H groups in total. The van der Waals surface area contributed by atoms with E-state index in [0.29, 0.717) is 23.7 Å². The zero-order valence-corrected chi connectivity index (χ0v) is 14.6. The Labute approximate surface area is 140 Å². The van der Waals surface area contributed by atoms with Crippen LogP contribution in [0.3, 0.4) is 0 Å². The predicted molar refractivity (Wildman–Crippen MR) is 87.0 cm³/mol. The molecule has 128 valence electrons. The lowest BCUT2D eigenvalue weighted by atomic mass is 10.2. The molecule has 1 aromatic rings. The van der Waals surface area contributed by atoms with Crippen LogP contribution in [0.15, 0.2) is 5.16 Å². The molecule has 1 atom stereocenters. The Bertz CT molecular complexity index is 541. The van der Waals surface area contributed by atoms with Crippen molar-refractivity contribution in [2.45, 2.75) is 62.9 Å². The van der Waals surface area contributed by atoms with Gasteiger partial charge in [-0.25, -0.2) is 9.48 Å². The number of urea groups is 1. The van der Waals surface area contributed by atoms with E-state index in [1.807, 2.05) is 13.8 Å². The molecule has 8 nitrogen and oxygen atoms in total. The number of imide groups is 1. The van der Waals surface area contributed by atoms with Gasteiger partial charge in [0.15, 0.2) is 0 Å². The fourth-order valence-electron chi connectivity index (χ4n) is 2.41. The van der Waals surface area contributed by atoms with E-state index >= 15 is 0 Å². The number of carbonyl (C=O) groups excluding carboxylic acids is 2. The lowest BCUT2D eigenvalue weighted by molar-refractivity contribution is -0.119. The van der Waals surface area contributed by atoms with Gasteiger partial charge in [-0.15, -0.1) is 5.10 Å². The predicted octanol–water partition coefficient (Wildman–Crippen LogP) is 1.75. The van der Waals surface area contributed by atoms with Crippen LogP contribution in [-0.4, -0.2) is 43.9 Å². The Kier molecular flexibility index (Phi) is 6.37. The first-order valence-electron chi connectivity index (χ1n) is 8.00. The molecule has 23 heavy (non-hydrogen) atoms. The van der Waals surface area contributed by atoms with Crippen LogP contribution in [0.2, 0.25) is 0 Å². The van der Waals surface area contributed by atoms with Crippen LogP contribution in [0, 0.1) is 5.92 Å². The van der Waals surface area contributed by atoms with Gasteiger partial charge in [0.25, 0.3) is 0 Å². The number of hydrogen-bond acceptors (Lipinski definition) is 6. The Morgan fingerprint density at radius 3 is 2.65 bits per heavy atom. The van der Waals surface area contributed by atoms with Crippen LogP contribution in [0.25, 0.3) is 0 Å². The molecule has 9 heteroatoms. The zero-order valence-electron chi connectivity index (χ0n) is 13.8. The van der Waals surface area contributed by atoms with E-state index in [2.05, 4.69) is 26.2 Å². The summed E-state index contributed by atoms with van der Waals surface area (Å²) >= 11 is 1.27. The highest BCUT2D eigenvalue weighted by molar-refractivity contribution is 8.00. The van der Waals surface area contributed by atoms with Gasteiger partial charge in [-0.2, -0.15) is 0 Å². The lowest BCUT2D eigenvalue weighted by Crippen LogP contribution is -2.43. The maximum absolute atomic E-state index is 12.1. The SMILES string of the molecule is CC(C)CNC(=O)NC(=O)C(C)Sc1nnnn1C1CCCC1. The third kappa shape index (κ3) is 5.19. The van der Waals surface area contributed by atoms with E-state index in [-0.39, 0.29) is 5.91 Å². The largest absolute Gasteiger partial charge is 0.338 e. The van der Waals surface area contributed by atoms with Crippen molar-refractivity contribution in [1.82, 2.24) is 30.8 Å². The first-order chi connectivity index (χ1) is 11.0. The minimum absolute atomic E-state index is 0.317. The van der Waals surface area contributed by atoms with E-state index in [4.69, 9.17) is 0 Å². The molecule has 0 aromatic carbocycles. The van der Waals surface area contributed by atoms with Gasteiger partial charge in [0.1, 0.15) is 0 Å². The molecule has 0 bridgehead atoms. The van der Waals surface area contributed by atoms with Crippen LogP contribution < -0.4 is 10.6 Å². The normalized spacial score (nSPS) is 16.5. The number of nitrogens with zero attached hydrogens (tertiary/aromatic N) is 4. The summed E-state index contributed by atoms with van der Waals surface area (Å²) < 4.78 is 1.81. The number of aromatic nitrogens is 4. The fourth-order valence-corrected chi connectivity index (χ4v) is 3.27. The van der Waals surface area contributed by atoms with E-state index in [1.165, 1.54) is 24.6 Å². The molecule has 1 aliphatic rings. The average Bonchev–Trinajstić information content (AvgIpc) is 3.15. The van der Waals surface area contributed by atoms with Gasteiger partial charge in [-0.3, -0.25) is 10.1 Å². The van der Waals surface area contributed by atoms with Gasteiger partial charge in [-0.1, -0.05) is 38.5 Å². The van der Waals surface area contributed by atoms with E-state index < -0.39 is 11.3 Å². The van der Waals surface area contributed by atoms with Crippen molar-refractivity contribution in [2.24, 2.45) is 5.92 Å². The van der Waals surface area contributed by atoms with Gasteiger partial charge < -0.3 is 5.32 Å². The molecule has 1 aromatic heterocycles. The van der Waals surface area contributed by atoms with Crippen LogP contribution in [0.4, 0.5) is 4.79 Å². The smallest absolute Gasteiger partial charge is 0.321 e. The molecular formula is C14H24N6O2S. The van der Waals surface area contributed by atoms with Crippen LogP contribution in [-0.2, 0) is 4.79 Å². The molecule has 0 radical (unpaired) electrons. The number of tetrazole rings is 1. The lowest BCUT2D eigenvalue weighted by Gasteiger charge is -2.14. The third-order valence-electron chi connectivity index (χ3n) is 3.69. The Hall–Kier alpha value is -1.64. The first-order valence-corrected chi connectivity index (χ1v) is 8.88. The number of nitrogens with one attached hydrogen (secondary N) is 2. The number of thioether (sulfide) groups is 1. The highest BCUT2D eigenvalue weighted by Crippen LogP contribution is 2.32. The van der Waals surface area contributed by atoms with Crippen LogP contribution in [0.1, 0.15) is 52.5 Å². The van der Waals surface area contributed by atoms with Crippen molar-refractivity contribution in [3.8, 4) is 0 Å². The van der Waals surface area contributed by atoms with Crippen molar-refractivity contribution in [3.05, 3.63) is 0 Å². The fraction of sp³-hybridized carbons (Fsp3) is 0.786. The third-order valence-corrected chi connectivity index (χ3v) is 4.74. The number of amides is 3. The van der Waals surface area contributed by atoms with Crippen molar-refractivity contribution in [1.29, 1.82) is 0 Å². The summed E-state index contributed by atoms with van der Waals surface area (Å²) in [6.07, 6.45) is 4.50. The molecule has 1 aliphatic carbocycles. The van der Waals surface area contributed by atoms with Gasteiger partial charge in [0, 0.05) is 6.54 Å². The van der Waals surface area contributed by atoms with Crippen molar-refractivity contribution in [2.75, 3.05) is 6.54 Å². The molecule has 0 saturated heterocycles. The zero-order chi connectivity index (χ0) is 16.8. The molecular weight excluding hydrogens is 316 g/mol. The quantitative estimate of drug-likeness (QED) is 0.765. The standard InChI is InChI=1S/C14H24N6O2S/c1-9(2)8-15-13(22)16-12(21)10(3)23-14-17-18-19-20(14)11-6-4-5-7-11/h9-11H,4-8H2,1-3H3,(H2,15,16,21,22). The summed E-state index contributed by atoms with van der Waals surface area (Å²) in [6.45, 7) is 6.25. The minimum atomic E-state index is -0.466. The topological polar surface area (TPSA) is 102 Å². The maximum atomic E-state index is 12.1. The van der Waals surface area contributed by atoms with Gasteiger partial charge in [-0.05, 0) is 36.1 Å². The second-order valence-electron chi connectivity index (χ2n) is 6.20. The highest BCUT2D eigenvalue weighted by atomic mass is 32.2. The average molecular weight is 340 g/mol.